The zero-order chi connectivity index (χ0) is 16.9. The highest BCUT2D eigenvalue weighted by molar-refractivity contribution is 7.15. The Labute approximate surface area is 146 Å². The molecule has 0 aliphatic heterocycles. The van der Waals surface area contributed by atoms with Gasteiger partial charge in [-0.2, -0.15) is 0 Å². The van der Waals surface area contributed by atoms with Crippen molar-refractivity contribution >= 4 is 39.7 Å². The normalized spacial score (nSPS) is 16.1. The number of fused-ring (bicyclic) bond motifs is 1. The van der Waals surface area contributed by atoms with Crippen LogP contribution >= 0.6 is 22.9 Å². The summed E-state index contributed by atoms with van der Waals surface area (Å²) in [6.07, 6.45) is 4.16. The molecule has 0 radical (unpaired) electrons. The van der Waals surface area contributed by atoms with Crippen molar-refractivity contribution in [2.45, 2.75) is 24.9 Å². The van der Waals surface area contributed by atoms with Gasteiger partial charge in [-0.15, -0.1) is 11.3 Å². The molecule has 1 amide bonds. The Morgan fingerprint density at radius 2 is 2.12 bits per heavy atom. The van der Waals surface area contributed by atoms with Gasteiger partial charge in [0.05, 0.1) is 16.2 Å². The number of carbonyl (C=O) groups excluding carboxylic acids is 1. The summed E-state index contributed by atoms with van der Waals surface area (Å²) in [5, 5.41) is 20.6. The molecule has 0 saturated heterocycles. The van der Waals surface area contributed by atoms with Crippen LogP contribution in [0.1, 0.15) is 34.5 Å². The number of thiophene rings is 1. The Morgan fingerprint density at radius 3 is 2.79 bits per heavy atom. The standard InChI is InChI=1S/C17H15ClN2O3S/c18-12-7-13-9(11(8-19-13)16(21)20-23)6-10(12)14-2-3-15(24-14)17(22)4-1-5-17/h2-3,6-8,19,22-23H,1,4-5H2,(H,20,21). The molecule has 1 fully saturated rings. The van der Waals surface area contributed by atoms with Crippen LogP contribution in [0.25, 0.3) is 21.3 Å². The van der Waals surface area contributed by atoms with Crippen molar-refractivity contribution in [3.63, 3.8) is 0 Å². The molecule has 2 heterocycles. The number of hydrogen-bond acceptors (Lipinski definition) is 4. The molecule has 4 rings (SSSR count). The molecule has 1 aliphatic rings. The van der Waals surface area contributed by atoms with Crippen molar-refractivity contribution in [1.82, 2.24) is 10.5 Å². The van der Waals surface area contributed by atoms with Gasteiger partial charge in [-0.1, -0.05) is 11.6 Å². The number of rotatable bonds is 3. The topological polar surface area (TPSA) is 85.4 Å². The monoisotopic (exact) mass is 362 g/mol. The van der Waals surface area contributed by atoms with E-state index in [0.717, 1.165) is 40.1 Å². The third kappa shape index (κ3) is 2.34. The quantitative estimate of drug-likeness (QED) is 0.419. The van der Waals surface area contributed by atoms with Gasteiger partial charge in [0.2, 0.25) is 0 Å². The number of carbonyl (C=O) groups is 1. The maximum atomic E-state index is 11.8. The van der Waals surface area contributed by atoms with Crippen LogP contribution in [0.3, 0.4) is 0 Å². The lowest BCUT2D eigenvalue weighted by atomic mass is 9.79. The van der Waals surface area contributed by atoms with Gasteiger partial charge < -0.3 is 10.1 Å². The number of halogens is 1. The third-order valence-corrected chi connectivity index (χ3v) is 6.25. The summed E-state index contributed by atoms with van der Waals surface area (Å²) in [6.45, 7) is 0. The van der Waals surface area contributed by atoms with Crippen LogP contribution in [0.15, 0.2) is 30.5 Å². The fourth-order valence-corrected chi connectivity index (χ4v) is 4.57. The first kappa shape index (κ1) is 15.7. The van der Waals surface area contributed by atoms with E-state index in [2.05, 4.69) is 4.98 Å². The fourth-order valence-electron chi connectivity index (χ4n) is 3.07. The van der Waals surface area contributed by atoms with Gasteiger partial charge in [-0.3, -0.25) is 10.0 Å². The molecule has 1 aliphatic carbocycles. The second-order valence-corrected chi connectivity index (χ2v) is 7.56. The van der Waals surface area contributed by atoms with Crippen LogP contribution < -0.4 is 5.48 Å². The molecule has 0 spiro atoms. The molecular weight excluding hydrogens is 348 g/mol. The van der Waals surface area contributed by atoms with Crippen molar-refractivity contribution in [2.75, 3.05) is 0 Å². The van der Waals surface area contributed by atoms with Gasteiger partial charge >= 0.3 is 0 Å². The van der Waals surface area contributed by atoms with E-state index in [1.54, 1.807) is 11.5 Å². The molecule has 7 heteroatoms. The van der Waals surface area contributed by atoms with Crippen LogP contribution in [0.4, 0.5) is 0 Å². The van der Waals surface area contributed by atoms with Crippen molar-refractivity contribution < 1.29 is 15.1 Å². The van der Waals surface area contributed by atoms with Crippen LogP contribution in [-0.4, -0.2) is 21.2 Å². The van der Waals surface area contributed by atoms with E-state index in [1.807, 2.05) is 18.2 Å². The van der Waals surface area contributed by atoms with Gasteiger partial charge in [0.15, 0.2) is 0 Å². The summed E-state index contributed by atoms with van der Waals surface area (Å²) < 4.78 is 0. The lowest BCUT2D eigenvalue weighted by Gasteiger charge is -2.35. The number of amides is 1. The lowest BCUT2D eigenvalue weighted by Crippen LogP contribution is -2.32. The molecule has 2 aromatic heterocycles. The first-order chi connectivity index (χ1) is 11.5. The molecule has 0 atom stereocenters. The molecule has 24 heavy (non-hydrogen) atoms. The number of aromatic nitrogens is 1. The molecule has 0 unspecified atom stereocenters. The van der Waals surface area contributed by atoms with Crippen molar-refractivity contribution in [2.24, 2.45) is 0 Å². The van der Waals surface area contributed by atoms with Crippen molar-refractivity contribution in [3.8, 4) is 10.4 Å². The van der Waals surface area contributed by atoms with Crippen LogP contribution in [-0.2, 0) is 5.60 Å². The molecule has 5 nitrogen and oxygen atoms in total. The Balaban J connectivity index is 1.81. The number of benzene rings is 1. The summed E-state index contributed by atoms with van der Waals surface area (Å²) in [6, 6.07) is 7.48. The number of aromatic amines is 1. The largest absolute Gasteiger partial charge is 0.384 e. The molecular formula is C17H15ClN2O3S. The van der Waals surface area contributed by atoms with Gasteiger partial charge in [0.1, 0.15) is 0 Å². The minimum Gasteiger partial charge on any atom is -0.384 e. The highest BCUT2D eigenvalue weighted by Crippen LogP contribution is 2.46. The third-order valence-electron chi connectivity index (χ3n) is 4.63. The Morgan fingerprint density at radius 1 is 1.33 bits per heavy atom. The minimum absolute atomic E-state index is 0.347. The van der Waals surface area contributed by atoms with Gasteiger partial charge in [-0.25, -0.2) is 5.48 Å². The zero-order valence-electron chi connectivity index (χ0n) is 12.6. The van der Waals surface area contributed by atoms with E-state index in [4.69, 9.17) is 16.8 Å². The average Bonchev–Trinajstić information content (AvgIpc) is 3.17. The second kappa shape index (κ2) is 5.60. The first-order valence-corrected chi connectivity index (χ1v) is 8.79. The predicted octanol–water partition coefficient (Wildman–Crippen LogP) is 4.04. The highest BCUT2D eigenvalue weighted by atomic mass is 35.5. The van der Waals surface area contributed by atoms with E-state index in [9.17, 15) is 9.90 Å². The molecule has 124 valence electrons. The first-order valence-electron chi connectivity index (χ1n) is 7.60. The van der Waals surface area contributed by atoms with Crippen LogP contribution in [0.5, 0.6) is 0 Å². The molecule has 3 aromatic rings. The smallest absolute Gasteiger partial charge is 0.276 e. The van der Waals surface area contributed by atoms with Crippen molar-refractivity contribution in [3.05, 3.63) is 45.9 Å². The van der Waals surface area contributed by atoms with Gasteiger partial charge in [0.25, 0.3) is 5.91 Å². The number of hydrogen-bond donors (Lipinski definition) is 4. The SMILES string of the molecule is O=C(NO)c1c[nH]c2cc(Cl)c(-c3ccc(C4(O)CCC4)s3)cc12. The minimum atomic E-state index is -0.699. The van der Waals surface area contributed by atoms with Crippen molar-refractivity contribution in [1.29, 1.82) is 0 Å². The fraction of sp³-hybridized carbons (Fsp3) is 0.235. The summed E-state index contributed by atoms with van der Waals surface area (Å²) in [5.74, 6) is -0.579. The Bertz CT molecular complexity index is 943. The predicted molar refractivity (Wildman–Crippen MR) is 93.6 cm³/mol. The van der Waals surface area contributed by atoms with E-state index in [1.165, 1.54) is 17.5 Å². The summed E-state index contributed by atoms with van der Waals surface area (Å²) in [5.41, 5.74) is 2.82. The van der Waals surface area contributed by atoms with Gasteiger partial charge in [-0.05, 0) is 43.5 Å². The second-order valence-electron chi connectivity index (χ2n) is 6.07. The lowest BCUT2D eigenvalue weighted by molar-refractivity contribution is -0.0354. The average molecular weight is 363 g/mol. The number of nitrogens with one attached hydrogen (secondary N) is 2. The maximum absolute atomic E-state index is 11.8. The van der Waals surface area contributed by atoms with E-state index < -0.39 is 11.5 Å². The van der Waals surface area contributed by atoms with Gasteiger partial charge in [0, 0.05) is 32.4 Å². The van der Waals surface area contributed by atoms with E-state index >= 15 is 0 Å². The zero-order valence-corrected chi connectivity index (χ0v) is 14.2. The van der Waals surface area contributed by atoms with E-state index in [-0.39, 0.29) is 0 Å². The summed E-state index contributed by atoms with van der Waals surface area (Å²) >= 11 is 7.93. The number of aliphatic hydroxyl groups is 1. The summed E-state index contributed by atoms with van der Waals surface area (Å²) in [7, 11) is 0. The maximum Gasteiger partial charge on any atom is 0.276 e. The van der Waals surface area contributed by atoms with Crippen LogP contribution in [0, 0.1) is 0 Å². The van der Waals surface area contributed by atoms with E-state index in [0.29, 0.717) is 16.0 Å². The summed E-state index contributed by atoms with van der Waals surface area (Å²) in [4.78, 5) is 16.6. The van der Waals surface area contributed by atoms with Crippen LogP contribution in [0.2, 0.25) is 5.02 Å². The number of H-pyrrole nitrogens is 1. The molecule has 1 aromatic carbocycles. The Kier molecular flexibility index (Phi) is 3.65. The molecule has 1 saturated carbocycles. The number of hydroxylamine groups is 1. The highest BCUT2D eigenvalue weighted by Gasteiger charge is 2.37. The Hall–Kier alpha value is -1.86. The molecule has 0 bridgehead atoms. The molecule has 4 N–H and O–H groups in total.